The summed E-state index contributed by atoms with van der Waals surface area (Å²) in [5, 5.41) is 15.5. The van der Waals surface area contributed by atoms with Gasteiger partial charge in [0.25, 0.3) is 5.91 Å². The summed E-state index contributed by atoms with van der Waals surface area (Å²) < 4.78 is 10.6. The molecule has 3 rings (SSSR count). The Labute approximate surface area is 156 Å². The van der Waals surface area contributed by atoms with Crippen LogP contribution >= 0.6 is 11.6 Å². The number of hydrogen-bond donors (Lipinski definition) is 2. The molecule has 0 fully saturated rings. The Hall–Kier alpha value is -3.17. The summed E-state index contributed by atoms with van der Waals surface area (Å²) in [6.45, 7) is 2.37. The predicted molar refractivity (Wildman–Crippen MR) is 97.9 cm³/mol. The molecular formula is C19H16ClN3O3. The largest absolute Gasteiger partial charge is 0.454 e. The lowest BCUT2D eigenvalue weighted by Gasteiger charge is -2.08. The first-order valence-electron chi connectivity index (χ1n) is 7.86. The van der Waals surface area contributed by atoms with E-state index in [9.17, 15) is 10.1 Å². The summed E-state index contributed by atoms with van der Waals surface area (Å²) in [7, 11) is 0. The molecule has 2 aromatic rings. The Balaban J connectivity index is 1.63. The van der Waals surface area contributed by atoms with Gasteiger partial charge in [0.15, 0.2) is 11.5 Å². The van der Waals surface area contributed by atoms with Crippen molar-refractivity contribution in [2.24, 2.45) is 0 Å². The van der Waals surface area contributed by atoms with Gasteiger partial charge in [-0.05, 0) is 42.3 Å². The molecule has 2 N–H and O–H groups in total. The smallest absolute Gasteiger partial charge is 0.263 e. The molecule has 1 heterocycles. The van der Waals surface area contributed by atoms with Crippen molar-refractivity contribution in [3.63, 3.8) is 0 Å². The van der Waals surface area contributed by atoms with Crippen LogP contribution in [0.3, 0.4) is 0 Å². The molecular weight excluding hydrogens is 354 g/mol. The lowest BCUT2D eigenvalue weighted by atomic mass is 10.2. The van der Waals surface area contributed by atoms with Crippen LogP contribution in [0.1, 0.15) is 11.1 Å². The monoisotopic (exact) mass is 369 g/mol. The molecule has 0 unspecified atom stereocenters. The molecule has 1 amide bonds. The normalized spacial score (nSPS) is 12.4. The summed E-state index contributed by atoms with van der Waals surface area (Å²) in [5.41, 5.74) is 2.49. The maximum absolute atomic E-state index is 12.2. The van der Waals surface area contributed by atoms with Gasteiger partial charge in [0.2, 0.25) is 6.79 Å². The molecule has 0 aliphatic carbocycles. The number of carbonyl (C=O) groups is 1. The number of aryl methyl sites for hydroxylation is 1. The minimum Gasteiger partial charge on any atom is -0.454 e. The summed E-state index contributed by atoms with van der Waals surface area (Å²) in [6, 6.07) is 12.7. The second-order valence-electron chi connectivity index (χ2n) is 5.64. The molecule has 0 radical (unpaired) electrons. The van der Waals surface area contributed by atoms with E-state index >= 15 is 0 Å². The van der Waals surface area contributed by atoms with Gasteiger partial charge in [0.05, 0.1) is 0 Å². The summed E-state index contributed by atoms with van der Waals surface area (Å²) in [6.07, 6.45) is 1.37. The van der Waals surface area contributed by atoms with Crippen LogP contribution in [-0.2, 0) is 11.3 Å². The van der Waals surface area contributed by atoms with Crippen LogP contribution in [0.25, 0.3) is 0 Å². The van der Waals surface area contributed by atoms with Crippen LogP contribution in [0.5, 0.6) is 11.5 Å². The number of amides is 1. The fourth-order valence-corrected chi connectivity index (χ4v) is 2.55. The van der Waals surface area contributed by atoms with E-state index in [2.05, 4.69) is 10.6 Å². The van der Waals surface area contributed by atoms with Crippen molar-refractivity contribution < 1.29 is 14.3 Å². The van der Waals surface area contributed by atoms with Crippen molar-refractivity contribution in [1.29, 1.82) is 5.26 Å². The third kappa shape index (κ3) is 4.08. The number of nitrogens with zero attached hydrogens (tertiary/aromatic N) is 1. The summed E-state index contributed by atoms with van der Waals surface area (Å²) in [4.78, 5) is 12.2. The summed E-state index contributed by atoms with van der Waals surface area (Å²) >= 11 is 5.96. The average molecular weight is 370 g/mol. The van der Waals surface area contributed by atoms with Gasteiger partial charge in [0.1, 0.15) is 11.6 Å². The fraction of sp³-hybridized carbons (Fsp3) is 0.158. The number of hydrogen-bond acceptors (Lipinski definition) is 5. The van der Waals surface area contributed by atoms with E-state index in [-0.39, 0.29) is 18.9 Å². The molecule has 0 saturated heterocycles. The molecule has 7 heteroatoms. The topological polar surface area (TPSA) is 83.4 Å². The molecule has 0 atom stereocenters. The number of carbonyl (C=O) groups excluding carboxylic acids is 1. The van der Waals surface area contributed by atoms with Crippen LogP contribution in [0, 0.1) is 18.3 Å². The lowest BCUT2D eigenvalue weighted by molar-refractivity contribution is -0.117. The Morgan fingerprint density at radius 1 is 1.27 bits per heavy atom. The van der Waals surface area contributed by atoms with Crippen molar-refractivity contribution in [2.45, 2.75) is 13.5 Å². The van der Waals surface area contributed by atoms with Crippen molar-refractivity contribution in [3.8, 4) is 17.6 Å². The van der Waals surface area contributed by atoms with Crippen LogP contribution < -0.4 is 20.1 Å². The van der Waals surface area contributed by atoms with Gasteiger partial charge >= 0.3 is 0 Å². The molecule has 0 bridgehead atoms. The number of rotatable bonds is 5. The first kappa shape index (κ1) is 17.6. The van der Waals surface area contributed by atoms with Gasteiger partial charge < -0.3 is 20.1 Å². The van der Waals surface area contributed by atoms with E-state index in [1.807, 2.05) is 25.1 Å². The van der Waals surface area contributed by atoms with E-state index < -0.39 is 5.91 Å². The summed E-state index contributed by atoms with van der Waals surface area (Å²) in [5.74, 6) is 0.849. The average Bonchev–Trinajstić information content (AvgIpc) is 3.11. The van der Waals surface area contributed by atoms with Crippen molar-refractivity contribution >= 4 is 23.2 Å². The van der Waals surface area contributed by atoms with Crippen LogP contribution in [-0.4, -0.2) is 12.7 Å². The SMILES string of the molecule is Cc1ccc(Cl)cc1N/C=C(/C#N)C(=O)NCc1ccc2c(c1)OCO2. The Bertz CT molecular complexity index is 919. The number of benzene rings is 2. The molecule has 0 saturated carbocycles. The highest BCUT2D eigenvalue weighted by atomic mass is 35.5. The number of ether oxygens (including phenoxy) is 2. The highest BCUT2D eigenvalue weighted by molar-refractivity contribution is 6.30. The van der Waals surface area contributed by atoms with Gasteiger partial charge in [0, 0.05) is 23.5 Å². The Kier molecular flexibility index (Phi) is 5.30. The van der Waals surface area contributed by atoms with Crippen LogP contribution in [0.15, 0.2) is 48.2 Å². The molecule has 0 aromatic heterocycles. The number of nitriles is 1. The zero-order valence-corrected chi connectivity index (χ0v) is 14.8. The predicted octanol–water partition coefficient (Wildman–Crippen LogP) is 3.51. The Morgan fingerprint density at radius 2 is 2.08 bits per heavy atom. The Morgan fingerprint density at radius 3 is 2.88 bits per heavy atom. The van der Waals surface area contributed by atoms with Crippen LogP contribution in [0.2, 0.25) is 5.02 Å². The molecule has 1 aliphatic rings. The maximum atomic E-state index is 12.2. The standard InChI is InChI=1S/C19H16ClN3O3/c1-12-2-4-15(20)7-16(12)22-10-14(8-21)19(24)23-9-13-3-5-17-18(6-13)26-11-25-17/h2-7,10,22H,9,11H2,1H3,(H,23,24)/b14-10-. The number of anilines is 1. The molecule has 132 valence electrons. The van der Waals surface area contributed by atoms with E-state index in [1.165, 1.54) is 6.20 Å². The highest BCUT2D eigenvalue weighted by Gasteiger charge is 2.14. The minimum atomic E-state index is -0.475. The maximum Gasteiger partial charge on any atom is 0.263 e. The molecule has 26 heavy (non-hydrogen) atoms. The molecule has 2 aromatic carbocycles. The molecule has 1 aliphatic heterocycles. The van der Waals surface area contributed by atoms with Gasteiger partial charge in [-0.15, -0.1) is 0 Å². The quantitative estimate of drug-likeness (QED) is 0.622. The number of halogens is 1. The van der Waals surface area contributed by atoms with Gasteiger partial charge in [-0.1, -0.05) is 23.7 Å². The first-order chi connectivity index (χ1) is 12.6. The van der Waals surface area contributed by atoms with Gasteiger partial charge in [-0.25, -0.2) is 0 Å². The third-order valence-corrected chi connectivity index (χ3v) is 4.06. The highest BCUT2D eigenvalue weighted by Crippen LogP contribution is 2.32. The van der Waals surface area contributed by atoms with E-state index in [0.29, 0.717) is 16.5 Å². The van der Waals surface area contributed by atoms with Crippen LogP contribution in [0.4, 0.5) is 5.69 Å². The van der Waals surface area contributed by atoms with E-state index in [1.54, 1.807) is 24.3 Å². The number of nitrogens with one attached hydrogen (secondary N) is 2. The third-order valence-electron chi connectivity index (χ3n) is 3.83. The lowest BCUT2D eigenvalue weighted by Crippen LogP contribution is -2.24. The number of fused-ring (bicyclic) bond motifs is 1. The zero-order chi connectivity index (χ0) is 18.5. The first-order valence-corrected chi connectivity index (χ1v) is 8.24. The fourth-order valence-electron chi connectivity index (χ4n) is 2.38. The zero-order valence-electron chi connectivity index (χ0n) is 14.0. The second kappa shape index (κ2) is 7.81. The van der Waals surface area contributed by atoms with Crippen molar-refractivity contribution in [2.75, 3.05) is 12.1 Å². The van der Waals surface area contributed by atoms with Crippen molar-refractivity contribution in [1.82, 2.24) is 5.32 Å². The molecule has 6 nitrogen and oxygen atoms in total. The van der Waals surface area contributed by atoms with E-state index in [0.717, 1.165) is 16.8 Å². The van der Waals surface area contributed by atoms with E-state index in [4.69, 9.17) is 21.1 Å². The van der Waals surface area contributed by atoms with Crippen molar-refractivity contribution in [3.05, 3.63) is 64.3 Å². The second-order valence-corrected chi connectivity index (χ2v) is 6.08. The molecule has 0 spiro atoms. The van der Waals surface area contributed by atoms with Gasteiger partial charge in [-0.3, -0.25) is 4.79 Å². The minimum absolute atomic E-state index is 0.0369. The van der Waals surface area contributed by atoms with Gasteiger partial charge in [-0.2, -0.15) is 5.26 Å².